The zero-order valence-corrected chi connectivity index (χ0v) is 9.34. The molecule has 0 saturated carbocycles. The summed E-state index contributed by atoms with van der Waals surface area (Å²) in [5.41, 5.74) is 8.58. The molecule has 0 atom stereocenters. The molecule has 0 saturated heterocycles. The Balaban J connectivity index is 3.39. The van der Waals surface area contributed by atoms with E-state index >= 15 is 0 Å². The first-order valence-electron chi connectivity index (χ1n) is 4.37. The Morgan fingerprint density at radius 2 is 1.77 bits per heavy atom. The quantitative estimate of drug-likeness (QED) is 0.752. The molecule has 0 heterocycles. The van der Waals surface area contributed by atoms with Gasteiger partial charge in [0.25, 0.3) is 0 Å². The third-order valence-corrected chi connectivity index (χ3v) is 3.08. The van der Waals surface area contributed by atoms with Crippen LogP contribution in [0.3, 0.4) is 0 Å². The molecule has 0 radical (unpaired) electrons. The molecular formula is C10H13Cl2N. The molecule has 0 spiro atoms. The maximum absolute atomic E-state index is 6.07. The molecular weight excluding hydrogens is 205 g/mol. The monoisotopic (exact) mass is 217 g/mol. The van der Waals surface area contributed by atoms with Gasteiger partial charge in [-0.3, -0.25) is 0 Å². The highest BCUT2D eigenvalue weighted by Crippen LogP contribution is 2.34. The van der Waals surface area contributed by atoms with Crippen LogP contribution in [0, 0.1) is 0 Å². The summed E-state index contributed by atoms with van der Waals surface area (Å²) in [6, 6.07) is 1.91. The minimum atomic E-state index is 0.482. The van der Waals surface area contributed by atoms with Gasteiger partial charge in [0, 0.05) is 0 Å². The van der Waals surface area contributed by atoms with Crippen LogP contribution in [0.15, 0.2) is 6.07 Å². The Bertz CT molecular complexity index is 321. The predicted octanol–water partition coefficient (Wildman–Crippen LogP) is 3.70. The van der Waals surface area contributed by atoms with Gasteiger partial charge >= 0.3 is 0 Å². The van der Waals surface area contributed by atoms with Crippen molar-refractivity contribution in [3.63, 3.8) is 0 Å². The fourth-order valence-corrected chi connectivity index (χ4v) is 1.97. The third-order valence-electron chi connectivity index (χ3n) is 2.16. The SMILES string of the molecule is CCc1cc(N)c(Cl)c(Cl)c1CC. The first kappa shape index (κ1) is 10.7. The summed E-state index contributed by atoms with van der Waals surface area (Å²) in [6.07, 6.45) is 1.83. The molecule has 1 aromatic rings. The first-order valence-corrected chi connectivity index (χ1v) is 5.12. The fourth-order valence-electron chi connectivity index (χ4n) is 1.44. The number of rotatable bonds is 2. The lowest BCUT2D eigenvalue weighted by molar-refractivity contribution is 1.04. The van der Waals surface area contributed by atoms with Gasteiger partial charge in [0.05, 0.1) is 15.7 Å². The number of nitrogens with two attached hydrogens (primary N) is 1. The number of benzene rings is 1. The summed E-state index contributed by atoms with van der Waals surface area (Å²) in [6.45, 7) is 4.14. The number of halogens is 2. The van der Waals surface area contributed by atoms with Gasteiger partial charge in [0.15, 0.2) is 0 Å². The van der Waals surface area contributed by atoms with E-state index in [1.165, 1.54) is 5.56 Å². The van der Waals surface area contributed by atoms with Gasteiger partial charge in [-0.15, -0.1) is 0 Å². The van der Waals surface area contributed by atoms with Gasteiger partial charge in [-0.25, -0.2) is 0 Å². The van der Waals surface area contributed by atoms with Crippen molar-refractivity contribution in [1.29, 1.82) is 0 Å². The summed E-state index contributed by atoms with van der Waals surface area (Å²) >= 11 is 12.0. The van der Waals surface area contributed by atoms with E-state index in [9.17, 15) is 0 Å². The van der Waals surface area contributed by atoms with Crippen LogP contribution in [-0.2, 0) is 12.8 Å². The van der Waals surface area contributed by atoms with Crippen molar-refractivity contribution in [2.75, 3.05) is 5.73 Å². The second-order valence-electron chi connectivity index (χ2n) is 2.94. The number of nitrogen functional groups attached to an aromatic ring is 1. The Morgan fingerprint density at radius 1 is 1.15 bits per heavy atom. The van der Waals surface area contributed by atoms with Crippen molar-refractivity contribution in [1.82, 2.24) is 0 Å². The van der Waals surface area contributed by atoms with Gasteiger partial charge in [-0.2, -0.15) is 0 Å². The summed E-state index contributed by atoms with van der Waals surface area (Å²) in [4.78, 5) is 0. The number of hydrogen-bond donors (Lipinski definition) is 1. The third kappa shape index (κ3) is 1.92. The Kier molecular flexibility index (Phi) is 3.46. The van der Waals surface area contributed by atoms with E-state index in [-0.39, 0.29) is 0 Å². The first-order chi connectivity index (χ1) is 6.11. The smallest absolute Gasteiger partial charge is 0.0824 e. The molecule has 1 rings (SSSR count). The molecule has 0 aliphatic rings. The topological polar surface area (TPSA) is 26.0 Å². The second-order valence-corrected chi connectivity index (χ2v) is 3.69. The Hall–Kier alpha value is -0.400. The molecule has 72 valence electrons. The van der Waals surface area contributed by atoms with Gasteiger partial charge in [0.1, 0.15) is 0 Å². The van der Waals surface area contributed by atoms with E-state index in [0.717, 1.165) is 18.4 Å². The lowest BCUT2D eigenvalue weighted by Gasteiger charge is -2.11. The van der Waals surface area contributed by atoms with E-state index in [4.69, 9.17) is 28.9 Å². The molecule has 0 aliphatic carbocycles. The average Bonchev–Trinajstić information content (AvgIpc) is 2.13. The van der Waals surface area contributed by atoms with Gasteiger partial charge in [0.2, 0.25) is 0 Å². The van der Waals surface area contributed by atoms with Gasteiger partial charge < -0.3 is 5.73 Å². The van der Waals surface area contributed by atoms with Crippen molar-refractivity contribution in [2.45, 2.75) is 26.7 Å². The zero-order chi connectivity index (χ0) is 10.0. The van der Waals surface area contributed by atoms with E-state index in [0.29, 0.717) is 15.7 Å². The standard InChI is InChI=1S/C10H13Cl2N/c1-3-6-5-8(13)10(12)9(11)7(6)4-2/h5H,3-4,13H2,1-2H3. The molecule has 0 amide bonds. The van der Waals surface area contributed by atoms with Crippen LogP contribution in [0.5, 0.6) is 0 Å². The number of hydrogen-bond acceptors (Lipinski definition) is 1. The number of anilines is 1. The van der Waals surface area contributed by atoms with Crippen molar-refractivity contribution >= 4 is 28.9 Å². The lowest BCUT2D eigenvalue weighted by Crippen LogP contribution is -1.97. The highest BCUT2D eigenvalue weighted by molar-refractivity contribution is 6.44. The van der Waals surface area contributed by atoms with Crippen LogP contribution in [0.25, 0.3) is 0 Å². The van der Waals surface area contributed by atoms with Crippen molar-refractivity contribution in [3.05, 3.63) is 27.2 Å². The van der Waals surface area contributed by atoms with Crippen LogP contribution >= 0.6 is 23.2 Å². The molecule has 13 heavy (non-hydrogen) atoms. The molecule has 0 unspecified atom stereocenters. The molecule has 0 aromatic heterocycles. The van der Waals surface area contributed by atoms with Gasteiger partial charge in [-0.05, 0) is 30.0 Å². The molecule has 3 heteroatoms. The Morgan fingerprint density at radius 3 is 2.23 bits per heavy atom. The van der Waals surface area contributed by atoms with Crippen molar-refractivity contribution < 1.29 is 0 Å². The van der Waals surface area contributed by atoms with Crippen molar-refractivity contribution in [3.8, 4) is 0 Å². The van der Waals surface area contributed by atoms with Crippen LogP contribution in [-0.4, -0.2) is 0 Å². The summed E-state index contributed by atoms with van der Waals surface area (Å²) in [5.74, 6) is 0. The molecule has 1 nitrogen and oxygen atoms in total. The minimum Gasteiger partial charge on any atom is -0.397 e. The van der Waals surface area contributed by atoms with Crippen LogP contribution in [0.2, 0.25) is 10.0 Å². The van der Waals surface area contributed by atoms with E-state index in [1.54, 1.807) is 0 Å². The van der Waals surface area contributed by atoms with E-state index in [1.807, 2.05) is 6.07 Å². The van der Waals surface area contributed by atoms with Crippen LogP contribution in [0.1, 0.15) is 25.0 Å². The maximum Gasteiger partial charge on any atom is 0.0824 e. The number of aryl methyl sites for hydroxylation is 1. The van der Waals surface area contributed by atoms with E-state index in [2.05, 4.69) is 13.8 Å². The van der Waals surface area contributed by atoms with Crippen LogP contribution in [0.4, 0.5) is 5.69 Å². The maximum atomic E-state index is 6.07. The summed E-state index contributed by atoms with van der Waals surface area (Å²) in [7, 11) is 0. The van der Waals surface area contributed by atoms with E-state index < -0.39 is 0 Å². The second kappa shape index (κ2) is 4.21. The Labute approximate surface area is 88.8 Å². The molecule has 0 fully saturated rings. The minimum absolute atomic E-state index is 0.482. The highest BCUT2D eigenvalue weighted by Gasteiger charge is 2.11. The highest BCUT2D eigenvalue weighted by atomic mass is 35.5. The average molecular weight is 218 g/mol. The summed E-state index contributed by atoms with van der Waals surface area (Å²) < 4.78 is 0. The summed E-state index contributed by atoms with van der Waals surface area (Å²) in [5, 5.41) is 1.09. The fraction of sp³-hybridized carbons (Fsp3) is 0.400. The lowest BCUT2D eigenvalue weighted by atomic mass is 10.0. The predicted molar refractivity (Wildman–Crippen MR) is 59.6 cm³/mol. The van der Waals surface area contributed by atoms with Crippen molar-refractivity contribution in [2.24, 2.45) is 0 Å². The zero-order valence-electron chi connectivity index (χ0n) is 7.82. The normalized spacial score (nSPS) is 10.5. The molecule has 1 aromatic carbocycles. The largest absolute Gasteiger partial charge is 0.397 e. The molecule has 0 aliphatic heterocycles. The van der Waals surface area contributed by atoms with Crippen LogP contribution < -0.4 is 5.73 Å². The van der Waals surface area contributed by atoms with Gasteiger partial charge in [-0.1, -0.05) is 37.0 Å². The molecule has 2 N–H and O–H groups in total. The molecule has 0 bridgehead atoms.